The summed E-state index contributed by atoms with van der Waals surface area (Å²) in [5.41, 5.74) is 16.6. The van der Waals surface area contributed by atoms with Crippen LogP contribution < -0.4 is 4.74 Å². The summed E-state index contributed by atoms with van der Waals surface area (Å²) in [5, 5.41) is 2.61. The van der Waals surface area contributed by atoms with Crippen molar-refractivity contribution in [2.45, 2.75) is 31.1 Å². The first-order valence-electron chi connectivity index (χ1n) is 18.2. The van der Waals surface area contributed by atoms with Crippen LogP contribution in [0.25, 0.3) is 38.6 Å². The monoisotopic (exact) mass is 652 g/mol. The van der Waals surface area contributed by atoms with Crippen LogP contribution in [0.15, 0.2) is 169 Å². The number of allylic oxidation sites excluding steroid dienone is 4. The van der Waals surface area contributed by atoms with Gasteiger partial charge in [0, 0.05) is 16.5 Å². The molecule has 0 radical (unpaired) electrons. The van der Waals surface area contributed by atoms with E-state index < -0.39 is 5.41 Å². The first kappa shape index (κ1) is 28.9. The average molecular weight is 653 g/mol. The first-order valence-corrected chi connectivity index (χ1v) is 18.2. The van der Waals surface area contributed by atoms with E-state index in [2.05, 4.69) is 178 Å². The second-order valence-corrected chi connectivity index (χ2v) is 15.0. The van der Waals surface area contributed by atoms with Gasteiger partial charge in [0.05, 0.1) is 5.41 Å². The molecule has 51 heavy (non-hydrogen) atoms. The molecule has 0 amide bonds. The van der Waals surface area contributed by atoms with Crippen LogP contribution >= 0.6 is 0 Å². The summed E-state index contributed by atoms with van der Waals surface area (Å²) in [6, 6.07) is 56.3. The third-order valence-electron chi connectivity index (χ3n) is 12.4. The lowest BCUT2D eigenvalue weighted by Crippen LogP contribution is -2.30. The molecule has 0 aromatic heterocycles. The minimum atomic E-state index is -0.391. The first-order chi connectivity index (χ1) is 25.1. The number of rotatable bonds is 2. The van der Waals surface area contributed by atoms with Crippen molar-refractivity contribution < 1.29 is 4.74 Å². The third-order valence-corrected chi connectivity index (χ3v) is 12.4. The van der Waals surface area contributed by atoms with Gasteiger partial charge in [-0.05, 0) is 103 Å². The number of hydrogen-bond donors (Lipinski definition) is 0. The highest BCUT2D eigenvalue weighted by Crippen LogP contribution is 2.66. The Morgan fingerprint density at radius 2 is 1.29 bits per heavy atom. The van der Waals surface area contributed by atoms with E-state index >= 15 is 0 Å². The van der Waals surface area contributed by atoms with Crippen molar-refractivity contribution in [1.82, 2.24) is 0 Å². The molecule has 1 spiro atoms. The smallest absolute Gasteiger partial charge is 0.132 e. The second kappa shape index (κ2) is 10.3. The van der Waals surface area contributed by atoms with Gasteiger partial charge in [-0.25, -0.2) is 0 Å². The minimum absolute atomic E-state index is 0.351. The normalized spacial score (nSPS) is 21.8. The van der Waals surface area contributed by atoms with E-state index in [4.69, 9.17) is 4.74 Å². The van der Waals surface area contributed by atoms with Crippen LogP contribution in [0.1, 0.15) is 59.2 Å². The van der Waals surface area contributed by atoms with Gasteiger partial charge in [0.15, 0.2) is 0 Å². The van der Waals surface area contributed by atoms with Crippen molar-refractivity contribution in [3.8, 4) is 33.8 Å². The fourth-order valence-electron chi connectivity index (χ4n) is 10.2. The molecule has 0 saturated carbocycles. The third kappa shape index (κ3) is 3.66. The molecule has 0 bridgehead atoms. The van der Waals surface area contributed by atoms with Crippen molar-refractivity contribution in [1.29, 1.82) is 0 Å². The summed E-state index contributed by atoms with van der Waals surface area (Å²) in [7, 11) is 0. The predicted octanol–water partition coefficient (Wildman–Crippen LogP) is 12.6. The van der Waals surface area contributed by atoms with Gasteiger partial charge in [-0.15, -0.1) is 0 Å². The van der Waals surface area contributed by atoms with Crippen molar-refractivity contribution in [2.75, 3.05) is 0 Å². The van der Waals surface area contributed by atoms with E-state index in [-0.39, 0.29) is 5.41 Å². The summed E-state index contributed by atoms with van der Waals surface area (Å²) in [5.74, 6) is 2.31. The molecule has 1 aliphatic heterocycles. The van der Waals surface area contributed by atoms with E-state index in [1.807, 2.05) is 0 Å². The summed E-state index contributed by atoms with van der Waals surface area (Å²) in [6.45, 7) is 4.71. The molecule has 242 valence electrons. The van der Waals surface area contributed by atoms with Crippen LogP contribution in [0.5, 0.6) is 11.5 Å². The molecule has 11 rings (SSSR count). The maximum Gasteiger partial charge on any atom is 0.132 e. The van der Waals surface area contributed by atoms with E-state index in [9.17, 15) is 0 Å². The lowest BCUT2D eigenvalue weighted by Gasteiger charge is -2.38. The highest BCUT2D eigenvalue weighted by molar-refractivity contribution is 6.07. The molecule has 3 aliphatic carbocycles. The van der Waals surface area contributed by atoms with Crippen LogP contribution in [0, 0.1) is 5.92 Å². The topological polar surface area (TPSA) is 9.23 Å². The molecule has 1 nitrogen and oxygen atoms in total. The van der Waals surface area contributed by atoms with Crippen LogP contribution in [0.2, 0.25) is 0 Å². The van der Waals surface area contributed by atoms with Crippen LogP contribution in [-0.2, 0) is 10.8 Å². The van der Waals surface area contributed by atoms with Gasteiger partial charge in [-0.1, -0.05) is 159 Å². The molecular weight excluding hydrogens is 617 g/mol. The molecule has 3 unspecified atom stereocenters. The lowest BCUT2D eigenvalue weighted by atomic mass is 9.65. The number of para-hydroxylation sites is 1. The zero-order valence-corrected chi connectivity index (χ0v) is 28.8. The lowest BCUT2D eigenvalue weighted by molar-refractivity contribution is 0.427. The van der Waals surface area contributed by atoms with Gasteiger partial charge in [0.2, 0.25) is 0 Å². The number of benzene rings is 7. The molecule has 1 heteroatoms. The van der Waals surface area contributed by atoms with Crippen molar-refractivity contribution in [2.24, 2.45) is 5.92 Å². The average Bonchev–Trinajstić information content (AvgIpc) is 3.65. The largest absolute Gasteiger partial charge is 0.457 e. The Morgan fingerprint density at radius 3 is 2.20 bits per heavy atom. The van der Waals surface area contributed by atoms with Crippen LogP contribution in [0.4, 0.5) is 0 Å². The number of hydrogen-bond acceptors (Lipinski definition) is 1. The van der Waals surface area contributed by atoms with Crippen LogP contribution in [0.3, 0.4) is 0 Å². The maximum atomic E-state index is 6.84. The Morgan fingerprint density at radius 1 is 0.588 bits per heavy atom. The Labute approximate surface area is 299 Å². The van der Waals surface area contributed by atoms with Gasteiger partial charge in [-0.3, -0.25) is 0 Å². The highest BCUT2D eigenvalue weighted by Gasteiger charge is 2.54. The van der Waals surface area contributed by atoms with Gasteiger partial charge in [0.1, 0.15) is 11.5 Å². The predicted molar refractivity (Wildman–Crippen MR) is 209 cm³/mol. The molecule has 0 N–H and O–H groups in total. The number of ether oxygens (including phenoxy) is 1. The summed E-state index contributed by atoms with van der Waals surface area (Å²) >= 11 is 0. The maximum absolute atomic E-state index is 6.84. The number of fused-ring (bicyclic) bond motifs is 13. The molecule has 7 aromatic rings. The molecule has 7 aromatic carbocycles. The summed E-state index contributed by atoms with van der Waals surface area (Å²) < 4.78 is 6.84. The van der Waals surface area contributed by atoms with Crippen molar-refractivity contribution in [3.63, 3.8) is 0 Å². The Bertz CT molecular complexity index is 2680. The molecule has 1 heterocycles. The fraction of sp³-hybridized carbons (Fsp3) is 0.120. The molecule has 3 atom stereocenters. The highest BCUT2D eigenvalue weighted by atomic mass is 16.5. The second-order valence-electron chi connectivity index (χ2n) is 15.0. The Balaban J connectivity index is 1.20. The minimum Gasteiger partial charge on any atom is -0.457 e. The quantitative estimate of drug-likeness (QED) is 0.181. The Hall–Kier alpha value is -5.92. The molecule has 0 fully saturated rings. The van der Waals surface area contributed by atoms with E-state index in [1.54, 1.807) is 0 Å². The zero-order chi connectivity index (χ0) is 33.9. The van der Waals surface area contributed by atoms with Crippen LogP contribution in [-0.4, -0.2) is 0 Å². The van der Waals surface area contributed by atoms with Crippen molar-refractivity contribution >= 4 is 16.3 Å². The standard InChI is InChI=1S/C50H36O/c1-31-23-26-37-38-19-12-18-36(33-25-27-42-46(30-33)51-45-22-11-10-21-41(45)49(42,2)34-14-4-3-5-15-34)48(38)50(44(37)29-31)40-20-9-8-17-39(40)47-35-16-7-6-13-32(35)24-28-43(47)50/h3-28,30-31H,29H2,1-2H3. The molecule has 4 aliphatic rings. The van der Waals surface area contributed by atoms with E-state index in [0.717, 1.165) is 17.9 Å². The fourth-order valence-corrected chi connectivity index (χ4v) is 10.2. The summed E-state index contributed by atoms with van der Waals surface area (Å²) in [6.07, 6.45) is 5.85. The van der Waals surface area contributed by atoms with Gasteiger partial charge >= 0.3 is 0 Å². The zero-order valence-electron chi connectivity index (χ0n) is 28.8. The van der Waals surface area contributed by atoms with E-state index in [0.29, 0.717) is 5.92 Å². The molecular formula is C50H36O. The molecule has 0 saturated heterocycles. The summed E-state index contributed by atoms with van der Waals surface area (Å²) in [4.78, 5) is 0. The van der Waals surface area contributed by atoms with Crippen molar-refractivity contribution in [3.05, 3.63) is 208 Å². The Kier molecular flexibility index (Phi) is 5.84. The van der Waals surface area contributed by atoms with Gasteiger partial charge in [-0.2, -0.15) is 0 Å². The SMILES string of the molecule is CC1C=CC2=C(C1)C1(c3ccccc3-c3c1ccc1ccccc31)c1c2cccc1-c1ccc2c(c1)Oc1ccccc1C2(C)c1ccccc1. The van der Waals surface area contributed by atoms with Gasteiger partial charge < -0.3 is 4.74 Å². The van der Waals surface area contributed by atoms with E-state index in [1.165, 1.54) is 83.1 Å². The van der Waals surface area contributed by atoms with Gasteiger partial charge in [0.25, 0.3) is 0 Å².